The molecule has 1 aliphatic rings. The summed E-state index contributed by atoms with van der Waals surface area (Å²) >= 11 is 0. The monoisotopic (exact) mass is 251 g/mol. The van der Waals surface area contributed by atoms with Crippen LogP contribution in [0.25, 0.3) is 0 Å². The van der Waals surface area contributed by atoms with Crippen molar-refractivity contribution in [2.75, 3.05) is 31.7 Å². The van der Waals surface area contributed by atoms with E-state index in [4.69, 9.17) is 9.84 Å². The van der Waals surface area contributed by atoms with E-state index in [0.29, 0.717) is 5.92 Å². The Kier molecular flexibility index (Phi) is 5.36. The Balaban J connectivity index is 1.79. The SMILES string of the molecule is OCCCCCNc1cc([C@@H]2CCOC2)ncn1. The Morgan fingerprint density at radius 2 is 2.28 bits per heavy atom. The number of rotatable bonds is 7. The Morgan fingerprint density at radius 1 is 1.33 bits per heavy atom. The van der Waals surface area contributed by atoms with Crippen LogP contribution in [0.5, 0.6) is 0 Å². The Bertz CT molecular complexity index is 354. The normalized spacial score (nSPS) is 19.1. The van der Waals surface area contributed by atoms with E-state index in [2.05, 4.69) is 15.3 Å². The van der Waals surface area contributed by atoms with Gasteiger partial charge in [-0.25, -0.2) is 9.97 Å². The molecule has 0 bridgehead atoms. The summed E-state index contributed by atoms with van der Waals surface area (Å²) in [7, 11) is 0. The molecule has 1 fully saturated rings. The second-order valence-corrected chi connectivity index (χ2v) is 4.60. The van der Waals surface area contributed by atoms with Gasteiger partial charge in [0.1, 0.15) is 12.1 Å². The molecule has 0 aliphatic carbocycles. The molecule has 5 nitrogen and oxygen atoms in total. The highest BCUT2D eigenvalue weighted by atomic mass is 16.5. The topological polar surface area (TPSA) is 67.3 Å². The Hall–Kier alpha value is -1.20. The van der Waals surface area contributed by atoms with E-state index in [0.717, 1.165) is 57.0 Å². The minimum absolute atomic E-state index is 0.277. The van der Waals surface area contributed by atoms with Crippen LogP contribution in [-0.4, -0.2) is 41.4 Å². The van der Waals surface area contributed by atoms with Gasteiger partial charge in [0, 0.05) is 31.7 Å². The van der Waals surface area contributed by atoms with E-state index in [1.807, 2.05) is 6.07 Å². The van der Waals surface area contributed by atoms with Crippen molar-refractivity contribution >= 4 is 5.82 Å². The molecule has 1 aromatic heterocycles. The molecule has 100 valence electrons. The number of ether oxygens (including phenoxy) is 1. The minimum atomic E-state index is 0.277. The van der Waals surface area contributed by atoms with E-state index in [-0.39, 0.29) is 6.61 Å². The highest BCUT2D eigenvalue weighted by molar-refractivity contribution is 5.35. The maximum Gasteiger partial charge on any atom is 0.129 e. The standard InChI is InChI=1S/C13H21N3O2/c17-6-3-1-2-5-14-13-8-12(15-10-16-13)11-4-7-18-9-11/h8,10-11,17H,1-7,9H2,(H,14,15,16)/t11-/m1/s1. The van der Waals surface area contributed by atoms with Crippen LogP contribution >= 0.6 is 0 Å². The molecule has 1 aliphatic heterocycles. The second-order valence-electron chi connectivity index (χ2n) is 4.60. The molecular weight excluding hydrogens is 230 g/mol. The number of hydrogen-bond acceptors (Lipinski definition) is 5. The van der Waals surface area contributed by atoms with Gasteiger partial charge in [-0.15, -0.1) is 0 Å². The highest BCUT2D eigenvalue weighted by Crippen LogP contribution is 2.24. The van der Waals surface area contributed by atoms with Crippen LogP contribution < -0.4 is 5.32 Å². The Labute approximate surface area is 108 Å². The third-order valence-corrected chi connectivity index (χ3v) is 3.18. The zero-order valence-corrected chi connectivity index (χ0v) is 10.6. The van der Waals surface area contributed by atoms with Gasteiger partial charge in [-0.1, -0.05) is 0 Å². The van der Waals surface area contributed by atoms with E-state index in [1.54, 1.807) is 6.33 Å². The molecule has 2 N–H and O–H groups in total. The average molecular weight is 251 g/mol. The van der Waals surface area contributed by atoms with Gasteiger partial charge in [0.25, 0.3) is 0 Å². The van der Waals surface area contributed by atoms with Gasteiger partial charge >= 0.3 is 0 Å². The number of aliphatic hydroxyl groups excluding tert-OH is 1. The first-order valence-corrected chi connectivity index (χ1v) is 6.64. The molecule has 0 saturated carbocycles. The van der Waals surface area contributed by atoms with Crippen molar-refractivity contribution in [3.8, 4) is 0 Å². The molecule has 0 unspecified atom stereocenters. The van der Waals surface area contributed by atoms with E-state index >= 15 is 0 Å². The van der Waals surface area contributed by atoms with Gasteiger partial charge < -0.3 is 15.2 Å². The van der Waals surface area contributed by atoms with Crippen molar-refractivity contribution in [2.24, 2.45) is 0 Å². The molecule has 0 radical (unpaired) electrons. The lowest BCUT2D eigenvalue weighted by molar-refractivity contribution is 0.193. The number of aliphatic hydroxyl groups is 1. The van der Waals surface area contributed by atoms with Crippen molar-refractivity contribution < 1.29 is 9.84 Å². The van der Waals surface area contributed by atoms with Crippen LogP contribution in [0.4, 0.5) is 5.82 Å². The largest absolute Gasteiger partial charge is 0.396 e. The molecule has 0 spiro atoms. The number of nitrogens with one attached hydrogen (secondary N) is 1. The fraction of sp³-hybridized carbons (Fsp3) is 0.692. The van der Waals surface area contributed by atoms with Crippen LogP contribution in [0.2, 0.25) is 0 Å². The molecule has 1 aromatic rings. The number of anilines is 1. The molecule has 1 atom stereocenters. The first-order chi connectivity index (χ1) is 8.90. The maximum atomic E-state index is 8.69. The van der Waals surface area contributed by atoms with Gasteiger partial charge in [-0.3, -0.25) is 0 Å². The molecular formula is C13H21N3O2. The molecule has 0 amide bonds. The summed E-state index contributed by atoms with van der Waals surface area (Å²) in [5.74, 6) is 1.30. The third kappa shape index (κ3) is 3.92. The summed E-state index contributed by atoms with van der Waals surface area (Å²) in [6, 6.07) is 2.02. The summed E-state index contributed by atoms with van der Waals surface area (Å²) in [5, 5.41) is 12.0. The predicted molar refractivity (Wildman–Crippen MR) is 69.6 cm³/mol. The summed E-state index contributed by atoms with van der Waals surface area (Å²) < 4.78 is 5.37. The summed E-state index contributed by atoms with van der Waals surface area (Å²) in [5.41, 5.74) is 1.07. The van der Waals surface area contributed by atoms with Crippen molar-refractivity contribution in [1.29, 1.82) is 0 Å². The van der Waals surface area contributed by atoms with Crippen LogP contribution in [0, 0.1) is 0 Å². The van der Waals surface area contributed by atoms with Crippen molar-refractivity contribution in [3.63, 3.8) is 0 Å². The van der Waals surface area contributed by atoms with Gasteiger partial charge in [0.15, 0.2) is 0 Å². The molecule has 0 aromatic carbocycles. The quantitative estimate of drug-likeness (QED) is 0.720. The smallest absolute Gasteiger partial charge is 0.129 e. The fourth-order valence-corrected chi connectivity index (χ4v) is 2.09. The summed E-state index contributed by atoms with van der Waals surface area (Å²) in [4.78, 5) is 8.53. The van der Waals surface area contributed by atoms with Gasteiger partial charge in [0.2, 0.25) is 0 Å². The zero-order valence-electron chi connectivity index (χ0n) is 10.6. The van der Waals surface area contributed by atoms with Crippen LogP contribution in [-0.2, 0) is 4.74 Å². The molecule has 18 heavy (non-hydrogen) atoms. The van der Waals surface area contributed by atoms with Crippen molar-refractivity contribution in [2.45, 2.75) is 31.6 Å². The molecule has 5 heteroatoms. The van der Waals surface area contributed by atoms with E-state index in [9.17, 15) is 0 Å². The van der Waals surface area contributed by atoms with Crippen LogP contribution in [0.3, 0.4) is 0 Å². The van der Waals surface area contributed by atoms with Crippen molar-refractivity contribution in [1.82, 2.24) is 9.97 Å². The minimum Gasteiger partial charge on any atom is -0.396 e. The molecule has 2 heterocycles. The number of hydrogen-bond donors (Lipinski definition) is 2. The van der Waals surface area contributed by atoms with E-state index in [1.165, 1.54) is 0 Å². The van der Waals surface area contributed by atoms with Crippen molar-refractivity contribution in [3.05, 3.63) is 18.1 Å². The number of aromatic nitrogens is 2. The third-order valence-electron chi connectivity index (χ3n) is 3.18. The number of nitrogens with zero attached hydrogens (tertiary/aromatic N) is 2. The van der Waals surface area contributed by atoms with Gasteiger partial charge in [-0.05, 0) is 25.7 Å². The lowest BCUT2D eigenvalue weighted by atomic mass is 10.1. The second kappa shape index (κ2) is 7.28. The van der Waals surface area contributed by atoms with Gasteiger partial charge in [0.05, 0.1) is 12.3 Å². The maximum absolute atomic E-state index is 8.69. The number of unbranched alkanes of at least 4 members (excludes halogenated alkanes) is 2. The zero-order chi connectivity index (χ0) is 12.6. The fourth-order valence-electron chi connectivity index (χ4n) is 2.09. The first kappa shape index (κ1) is 13.2. The average Bonchev–Trinajstić information content (AvgIpc) is 2.93. The lowest BCUT2D eigenvalue weighted by Crippen LogP contribution is -2.07. The van der Waals surface area contributed by atoms with Crippen LogP contribution in [0.15, 0.2) is 12.4 Å². The molecule has 1 saturated heterocycles. The first-order valence-electron chi connectivity index (χ1n) is 6.64. The molecule has 2 rings (SSSR count). The highest BCUT2D eigenvalue weighted by Gasteiger charge is 2.19. The lowest BCUT2D eigenvalue weighted by Gasteiger charge is -2.09. The van der Waals surface area contributed by atoms with E-state index < -0.39 is 0 Å². The summed E-state index contributed by atoms with van der Waals surface area (Å²) in [6.07, 6.45) is 5.62. The summed E-state index contributed by atoms with van der Waals surface area (Å²) in [6.45, 7) is 2.77. The Morgan fingerprint density at radius 3 is 3.06 bits per heavy atom. The van der Waals surface area contributed by atoms with Crippen LogP contribution in [0.1, 0.15) is 37.3 Å². The van der Waals surface area contributed by atoms with Gasteiger partial charge in [-0.2, -0.15) is 0 Å². The predicted octanol–water partition coefficient (Wildman–Crippen LogP) is 1.55.